The maximum Gasteiger partial charge on any atom is 0.130 e. The maximum atomic E-state index is 13.3. The molecule has 0 saturated heterocycles. The third-order valence-electron chi connectivity index (χ3n) is 3.51. The summed E-state index contributed by atoms with van der Waals surface area (Å²) in [6.07, 6.45) is 1.40. The van der Waals surface area contributed by atoms with E-state index in [0.29, 0.717) is 6.42 Å². The van der Waals surface area contributed by atoms with Crippen molar-refractivity contribution in [3.8, 4) is 0 Å². The van der Waals surface area contributed by atoms with Gasteiger partial charge in [-0.05, 0) is 42.2 Å². The van der Waals surface area contributed by atoms with E-state index < -0.39 is 5.41 Å². The van der Waals surface area contributed by atoms with Crippen LogP contribution in [0.25, 0.3) is 5.57 Å². The predicted molar refractivity (Wildman–Crippen MR) is 79.9 cm³/mol. The van der Waals surface area contributed by atoms with Crippen LogP contribution < -0.4 is 0 Å². The van der Waals surface area contributed by atoms with Crippen LogP contribution in [0.1, 0.15) is 24.5 Å². The van der Waals surface area contributed by atoms with Crippen molar-refractivity contribution < 1.29 is 9.18 Å². The Kier molecular flexibility index (Phi) is 4.14. The van der Waals surface area contributed by atoms with E-state index >= 15 is 0 Å². The lowest BCUT2D eigenvalue weighted by atomic mass is 9.77. The Bertz CT molecular complexity index is 618. The van der Waals surface area contributed by atoms with Gasteiger partial charge in [-0.25, -0.2) is 4.39 Å². The molecule has 0 aliphatic rings. The Morgan fingerprint density at radius 2 is 1.90 bits per heavy atom. The van der Waals surface area contributed by atoms with Crippen molar-refractivity contribution in [2.75, 3.05) is 0 Å². The number of carbonyl (C=O) groups excluding carboxylic acids is 1. The topological polar surface area (TPSA) is 17.1 Å². The van der Waals surface area contributed by atoms with Gasteiger partial charge < -0.3 is 4.79 Å². The number of rotatable bonds is 5. The molecule has 0 unspecified atom stereocenters. The molecular formula is C18H17FO. The summed E-state index contributed by atoms with van der Waals surface area (Å²) in [7, 11) is 0. The third kappa shape index (κ3) is 3.02. The molecule has 0 radical (unpaired) electrons. The highest BCUT2D eigenvalue weighted by Gasteiger charge is 2.27. The van der Waals surface area contributed by atoms with Crippen molar-refractivity contribution in [1.29, 1.82) is 0 Å². The molecular weight excluding hydrogens is 251 g/mol. The van der Waals surface area contributed by atoms with Gasteiger partial charge in [0.15, 0.2) is 0 Å². The smallest absolute Gasteiger partial charge is 0.130 e. The van der Waals surface area contributed by atoms with Gasteiger partial charge in [0.05, 0.1) is 5.41 Å². The molecule has 2 heteroatoms. The standard InChI is InChI=1S/C18H17FO/c1-14(15-7-6-10-17(19)11-15)12-18(2,13-20)16-8-4-3-5-9-16/h3-11,13H,1,12H2,2H3/t18-/m1/s1. The van der Waals surface area contributed by atoms with E-state index in [1.807, 2.05) is 43.3 Å². The molecule has 0 bridgehead atoms. The number of hydrogen-bond acceptors (Lipinski definition) is 1. The molecule has 1 nitrogen and oxygen atoms in total. The van der Waals surface area contributed by atoms with Crippen LogP contribution in [0, 0.1) is 5.82 Å². The number of hydrogen-bond donors (Lipinski definition) is 0. The van der Waals surface area contributed by atoms with Gasteiger partial charge >= 0.3 is 0 Å². The van der Waals surface area contributed by atoms with Crippen LogP contribution >= 0.6 is 0 Å². The minimum Gasteiger partial charge on any atom is -0.302 e. The molecule has 0 aliphatic carbocycles. The fraction of sp³-hybridized carbons (Fsp3) is 0.167. The highest BCUT2D eigenvalue weighted by atomic mass is 19.1. The highest BCUT2D eigenvalue weighted by Crippen LogP contribution is 2.32. The number of halogens is 1. The Labute approximate surface area is 118 Å². The van der Waals surface area contributed by atoms with Crippen LogP contribution in [-0.4, -0.2) is 6.29 Å². The van der Waals surface area contributed by atoms with Crippen LogP contribution in [0.5, 0.6) is 0 Å². The normalized spacial score (nSPS) is 13.5. The summed E-state index contributed by atoms with van der Waals surface area (Å²) in [5.41, 5.74) is 1.77. The summed E-state index contributed by atoms with van der Waals surface area (Å²) in [5.74, 6) is -0.295. The Balaban J connectivity index is 2.27. The Hall–Kier alpha value is -2.22. The molecule has 2 aromatic rings. The largest absolute Gasteiger partial charge is 0.302 e. The van der Waals surface area contributed by atoms with Crippen molar-refractivity contribution >= 4 is 11.9 Å². The Morgan fingerprint density at radius 3 is 2.50 bits per heavy atom. The van der Waals surface area contributed by atoms with E-state index in [2.05, 4.69) is 6.58 Å². The lowest BCUT2D eigenvalue weighted by Gasteiger charge is -2.25. The number of benzene rings is 2. The van der Waals surface area contributed by atoms with Gasteiger partial charge in [-0.1, -0.05) is 49.0 Å². The van der Waals surface area contributed by atoms with E-state index in [-0.39, 0.29) is 5.82 Å². The second-order valence-electron chi connectivity index (χ2n) is 5.19. The molecule has 0 amide bonds. The first kappa shape index (κ1) is 14.2. The van der Waals surface area contributed by atoms with Crippen LogP contribution in [-0.2, 0) is 10.2 Å². The first-order valence-electron chi connectivity index (χ1n) is 6.51. The molecule has 0 spiro atoms. The summed E-state index contributed by atoms with van der Waals surface area (Å²) in [4.78, 5) is 11.5. The second-order valence-corrected chi connectivity index (χ2v) is 5.19. The van der Waals surface area contributed by atoms with Gasteiger partial charge in [0, 0.05) is 0 Å². The number of allylic oxidation sites excluding steroid dienone is 1. The summed E-state index contributed by atoms with van der Waals surface area (Å²) < 4.78 is 13.3. The van der Waals surface area contributed by atoms with Crippen molar-refractivity contribution in [3.05, 3.63) is 78.1 Å². The lowest BCUT2D eigenvalue weighted by molar-refractivity contribution is -0.112. The van der Waals surface area contributed by atoms with Gasteiger partial charge in [0.2, 0.25) is 0 Å². The molecule has 0 aliphatic heterocycles. The maximum absolute atomic E-state index is 13.3. The van der Waals surface area contributed by atoms with E-state index in [1.54, 1.807) is 6.07 Å². The average Bonchev–Trinajstić information content (AvgIpc) is 2.48. The van der Waals surface area contributed by atoms with E-state index in [1.165, 1.54) is 12.1 Å². The zero-order chi connectivity index (χ0) is 14.6. The molecule has 0 saturated carbocycles. The van der Waals surface area contributed by atoms with E-state index in [4.69, 9.17) is 0 Å². The summed E-state index contributed by atoms with van der Waals surface area (Å²) in [6.45, 7) is 5.87. The zero-order valence-corrected chi connectivity index (χ0v) is 11.5. The molecule has 1 atom stereocenters. The van der Waals surface area contributed by atoms with Gasteiger partial charge in [-0.2, -0.15) is 0 Å². The minimum atomic E-state index is -0.648. The fourth-order valence-electron chi connectivity index (χ4n) is 2.28. The zero-order valence-electron chi connectivity index (χ0n) is 11.5. The van der Waals surface area contributed by atoms with Crippen molar-refractivity contribution in [2.45, 2.75) is 18.8 Å². The number of carbonyl (C=O) groups is 1. The van der Waals surface area contributed by atoms with E-state index in [0.717, 1.165) is 23.0 Å². The molecule has 0 heterocycles. The van der Waals surface area contributed by atoms with Gasteiger partial charge in [-0.3, -0.25) is 0 Å². The molecule has 0 N–H and O–H groups in total. The SMILES string of the molecule is C=C(C[C@](C)(C=O)c1ccccc1)c1cccc(F)c1. The van der Waals surface area contributed by atoms with Crippen LogP contribution in [0.15, 0.2) is 61.2 Å². The third-order valence-corrected chi connectivity index (χ3v) is 3.51. The molecule has 0 aromatic heterocycles. The first-order chi connectivity index (χ1) is 9.55. The summed E-state index contributed by atoms with van der Waals surface area (Å²) in [6, 6.07) is 15.9. The fourth-order valence-corrected chi connectivity index (χ4v) is 2.28. The average molecular weight is 268 g/mol. The Morgan fingerprint density at radius 1 is 1.20 bits per heavy atom. The van der Waals surface area contributed by atoms with Gasteiger partial charge in [0.1, 0.15) is 12.1 Å². The van der Waals surface area contributed by atoms with Gasteiger partial charge in [-0.15, -0.1) is 0 Å². The van der Waals surface area contributed by atoms with Gasteiger partial charge in [0.25, 0.3) is 0 Å². The molecule has 102 valence electrons. The van der Waals surface area contributed by atoms with Crippen molar-refractivity contribution in [3.63, 3.8) is 0 Å². The van der Waals surface area contributed by atoms with Crippen LogP contribution in [0.4, 0.5) is 4.39 Å². The highest BCUT2D eigenvalue weighted by molar-refractivity contribution is 5.75. The second kappa shape index (κ2) is 5.83. The van der Waals surface area contributed by atoms with Crippen LogP contribution in [0.2, 0.25) is 0 Å². The summed E-state index contributed by atoms with van der Waals surface area (Å²) in [5, 5.41) is 0. The van der Waals surface area contributed by atoms with Crippen molar-refractivity contribution in [2.24, 2.45) is 0 Å². The first-order valence-corrected chi connectivity index (χ1v) is 6.51. The quantitative estimate of drug-likeness (QED) is 0.735. The van der Waals surface area contributed by atoms with Crippen molar-refractivity contribution in [1.82, 2.24) is 0 Å². The molecule has 20 heavy (non-hydrogen) atoms. The number of aldehydes is 1. The van der Waals surface area contributed by atoms with Crippen LogP contribution in [0.3, 0.4) is 0 Å². The molecule has 2 rings (SSSR count). The summed E-state index contributed by atoms with van der Waals surface area (Å²) >= 11 is 0. The molecule has 2 aromatic carbocycles. The molecule has 0 fully saturated rings. The minimum absolute atomic E-state index is 0.295. The lowest BCUT2D eigenvalue weighted by Crippen LogP contribution is -2.24. The predicted octanol–water partition coefficient (Wildman–Crippen LogP) is 4.39. The van der Waals surface area contributed by atoms with E-state index in [9.17, 15) is 9.18 Å². The monoisotopic (exact) mass is 268 g/mol.